The number of carbonyl (C=O) groups excluding carboxylic acids is 1. The first kappa shape index (κ1) is 15.6. The Hall–Kier alpha value is -2.76. The van der Waals surface area contributed by atoms with E-state index in [1.54, 1.807) is 18.2 Å². The van der Waals surface area contributed by atoms with Crippen LogP contribution in [0.25, 0.3) is 0 Å². The summed E-state index contributed by atoms with van der Waals surface area (Å²) in [6.07, 6.45) is 0. The molecule has 6 heteroatoms. The molecule has 0 saturated heterocycles. The lowest BCUT2D eigenvalue weighted by molar-refractivity contribution is 0.234. The highest BCUT2D eigenvalue weighted by atomic mass is 16.5. The zero-order valence-electron chi connectivity index (χ0n) is 12.6. The number of hydrogen-bond donors (Lipinski definition) is 2. The van der Waals surface area contributed by atoms with Gasteiger partial charge in [0.15, 0.2) is 6.73 Å². The number of amides is 2. The minimum Gasteiger partial charge on any atom is -0.494 e. The van der Waals surface area contributed by atoms with Gasteiger partial charge in [0, 0.05) is 5.69 Å². The van der Waals surface area contributed by atoms with E-state index in [1.165, 1.54) is 0 Å². The van der Waals surface area contributed by atoms with E-state index in [1.807, 2.05) is 38.1 Å². The summed E-state index contributed by atoms with van der Waals surface area (Å²) in [5.74, 6) is 1.93. The normalized spacial score (nSPS) is 9.91. The first-order valence-electron chi connectivity index (χ1n) is 7.01. The molecule has 0 unspecified atom stereocenters. The van der Waals surface area contributed by atoms with Gasteiger partial charge in [0.05, 0.1) is 6.61 Å². The van der Waals surface area contributed by atoms with Crippen LogP contribution in [0.5, 0.6) is 11.5 Å². The van der Waals surface area contributed by atoms with Crippen LogP contribution in [0.2, 0.25) is 0 Å². The number of benzene rings is 1. The van der Waals surface area contributed by atoms with E-state index in [9.17, 15) is 4.79 Å². The van der Waals surface area contributed by atoms with Gasteiger partial charge in [-0.3, -0.25) is 5.32 Å². The van der Waals surface area contributed by atoms with Gasteiger partial charge in [-0.25, -0.2) is 9.78 Å². The maximum absolute atomic E-state index is 11.7. The molecule has 0 saturated carbocycles. The number of pyridine rings is 1. The molecule has 2 amide bonds. The first-order valence-corrected chi connectivity index (χ1v) is 7.01. The van der Waals surface area contributed by atoms with Gasteiger partial charge in [-0.15, -0.1) is 0 Å². The minimum atomic E-state index is -0.371. The molecule has 0 aliphatic carbocycles. The predicted molar refractivity (Wildman–Crippen MR) is 84.2 cm³/mol. The predicted octanol–water partition coefficient (Wildman–Crippen LogP) is 2.95. The zero-order chi connectivity index (χ0) is 15.8. The van der Waals surface area contributed by atoms with Gasteiger partial charge in [0.2, 0.25) is 0 Å². The largest absolute Gasteiger partial charge is 0.494 e. The molecule has 116 valence electrons. The average Bonchev–Trinajstić information content (AvgIpc) is 2.49. The number of aromatic nitrogens is 1. The van der Waals surface area contributed by atoms with Gasteiger partial charge < -0.3 is 14.8 Å². The van der Waals surface area contributed by atoms with Crippen LogP contribution in [0.4, 0.5) is 10.6 Å². The molecule has 2 rings (SSSR count). The summed E-state index contributed by atoms with van der Waals surface area (Å²) in [6.45, 7) is 4.47. The quantitative estimate of drug-likeness (QED) is 0.805. The fraction of sp³-hybridized carbons (Fsp3) is 0.250. The summed E-state index contributed by atoms with van der Waals surface area (Å²) in [5.41, 5.74) is 0.837. The van der Waals surface area contributed by atoms with E-state index in [4.69, 9.17) is 9.47 Å². The van der Waals surface area contributed by atoms with Crippen molar-refractivity contribution >= 4 is 11.8 Å². The van der Waals surface area contributed by atoms with E-state index >= 15 is 0 Å². The molecule has 22 heavy (non-hydrogen) atoms. The fourth-order valence-electron chi connectivity index (χ4n) is 1.76. The lowest BCUT2D eigenvalue weighted by atomic mass is 10.3. The Bertz CT molecular complexity index is 614. The number of urea groups is 1. The van der Waals surface area contributed by atoms with Crippen molar-refractivity contribution < 1.29 is 14.3 Å². The number of nitrogens with one attached hydrogen (secondary N) is 2. The smallest absolute Gasteiger partial charge is 0.323 e. The molecular formula is C16H19N3O3. The second kappa shape index (κ2) is 7.87. The Morgan fingerprint density at radius 1 is 1.09 bits per heavy atom. The zero-order valence-corrected chi connectivity index (χ0v) is 12.6. The SMILES string of the molecule is CCOc1ccc(OCNC(=O)Nc2cccc(C)n2)cc1. The summed E-state index contributed by atoms with van der Waals surface area (Å²) in [4.78, 5) is 15.9. The second-order valence-corrected chi connectivity index (χ2v) is 4.49. The maximum atomic E-state index is 11.7. The van der Waals surface area contributed by atoms with Crippen molar-refractivity contribution in [2.75, 3.05) is 18.7 Å². The van der Waals surface area contributed by atoms with Crippen molar-refractivity contribution in [3.63, 3.8) is 0 Å². The Morgan fingerprint density at radius 3 is 2.41 bits per heavy atom. The van der Waals surface area contributed by atoms with E-state index in [-0.39, 0.29) is 12.8 Å². The summed E-state index contributed by atoms with van der Waals surface area (Å²) in [6, 6.07) is 12.2. The van der Waals surface area contributed by atoms with Crippen molar-refractivity contribution in [2.45, 2.75) is 13.8 Å². The molecule has 0 radical (unpaired) electrons. The van der Waals surface area contributed by atoms with Crippen molar-refractivity contribution in [1.29, 1.82) is 0 Å². The topological polar surface area (TPSA) is 72.5 Å². The molecule has 0 aliphatic rings. The molecule has 6 nitrogen and oxygen atoms in total. The molecule has 2 aromatic rings. The summed E-state index contributed by atoms with van der Waals surface area (Å²) < 4.78 is 10.8. The summed E-state index contributed by atoms with van der Waals surface area (Å²) >= 11 is 0. The highest BCUT2D eigenvalue weighted by Crippen LogP contribution is 2.17. The average molecular weight is 301 g/mol. The lowest BCUT2D eigenvalue weighted by Gasteiger charge is -2.10. The Morgan fingerprint density at radius 2 is 1.77 bits per heavy atom. The van der Waals surface area contributed by atoms with E-state index in [0.29, 0.717) is 18.2 Å². The highest BCUT2D eigenvalue weighted by molar-refractivity contribution is 5.88. The van der Waals surface area contributed by atoms with Gasteiger partial charge in [-0.2, -0.15) is 0 Å². The van der Waals surface area contributed by atoms with E-state index in [2.05, 4.69) is 15.6 Å². The van der Waals surface area contributed by atoms with Crippen LogP contribution in [-0.2, 0) is 0 Å². The molecule has 0 spiro atoms. The number of anilines is 1. The van der Waals surface area contributed by atoms with E-state index < -0.39 is 0 Å². The third-order valence-corrected chi connectivity index (χ3v) is 2.74. The van der Waals surface area contributed by atoms with Crippen molar-refractivity contribution in [3.05, 3.63) is 48.2 Å². The van der Waals surface area contributed by atoms with E-state index in [0.717, 1.165) is 11.4 Å². The first-order chi connectivity index (χ1) is 10.7. The number of hydrogen-bond acceptors (Lipinski definition) is 4. The highest BCUT2D eigenvalue weighted by Gasteiger charge is 2.02. The van der Waals surface area contributed by atoms with Crippen molar-refractivity contribution in [1.82, 2.24) is 10.3 Å². The van der Waals surface area contributed by atoms with Crippen LogP contribution in [0.3, 0.4) is 0 Å². The molecule has 1 aromatic carbocycles. The molecule has 0 bridgehead atoms. The third-order valence-electron chi connectivity index (χ3n) is 2.74. The molecule has 1 aromatic heterocycles. The third kappa shape index (κ3) is 4.97. The van der Waals surface area contributed by atoms with Crippen LogP contribution in [0, 0.1) is 6.92 Å². The van der Waals surface area contributed by atoms with Gasteiger partial charge in [-0.05, 0) is 50.2 Å². The van der Waals surface area contributed by atoms with Gasteiger partial charge in [0.1, 0.15) is 17.3 Å². The summed E-state index contributed by atoms with van der Waals surface area (Å²) in [7, 11) is 0. The Labute approximate surface area is 129 Å². The molecule has 0 atom stereocenters. The molecule has 2 N–H and O–H groups in total. The van der Waals surface area contributed by atoms with Crippen LogP contribution in [0.1, 0.15) is 12.6 Å². The monoisotopic (exact) mass is 301 g/mol. The Kier molecular flexibility index (Phi) is 5.59. The number of nitrogens with zero attached hydrogens (tertiary/aromatic N) is 1. The number of aryl methyl sites for hydroxylation is 1. The van der Waals surface area contributed by atoms with Crippen molar-refractivity contribution in [3.8, 4) is 11.5 Å². The van der Waals surface area contributed by atoms with Crippen LogP contribution < -0.4 is 20.1 Å². The van der Waals surface area contributed by atoms with Crippen molar-refractivity contribution in [2.24, 2.45) is 0 Å². The molecule has 1 heterocycles. The number of rotatable bonds is 6. The molecule has 0 fully saturated rings. The van der Waals surface area contributed by atoms with Gasteiger partial charge in [-0.1, -0.05) is 6.07 Å². The molecule has 0 aliphatic heterocycles. The maximum Gasteiger partial charge on any atom is 0.323 e. The van der Waals surface area contributed by atoms with Crippen LogP contribution in [0.15, 0.2) is 42.5 Å². The Balaban J connectivity index is 1.74. The minimum absolute atomic E-state index is 0.0611. The van der Waals surface area contributed by atoms with Crippen LogP contribution in [-0.4, -0.2) is 24.4 Å². The van der Waals surface area contributed by atoms with Gasteiger partial charge in [0.25, 0.3) is 0 Å². The van der Waals surface area contributed by atoms with Gasteiger partial charge >= 0.3 is 6.03 Å². The lowest BCUT2D eigenvalue weighted by Crippen LogP contribution is -2.32. The fourth-order valence-corrected chi connectivity index (χ4v) is 1.76. The number of ether oxygens (including phenoxy) is 2. The number of carbonyl (C=O) groups is 1. The summed E-state index contributed by atoms with van der Waals surface area (Å²) in [5, 5.41) is 5.23. The standard InChI is InChI=1S/C16H19N3O3/c1-3-21-13-7-9-14(10-8-13)22-11-17-16(20)19-15-6-4-5-12(2)18-15/h4-10H,3,11H2,1-2H3,(H2,17,18,19,20). The molecular weight excluding hydrogens is 282 g/mol. The second-order valence-electron chi connectivity index (χ2n) is 4.49. The van der Waals surface area contributed by atoms with Crippen LogP contribution >= 0.6 is 0 Å².